The molecule has 0 atom stereocenters. The van der Waals surface area contributed by atoms with Gasteiger partial charge in [0, 0.05) is 12.0 Å². The van der Waals surface area contributed by atoms with Gasteiger partial charge in [0.05, 0.1) is 11.4 Å². The first-order valence-electron chi connectivity index (χ1n) is 9.22. The molecule has 29 heavy (non-hydrogen) atoms. The first-order valence-corrected chi connectivity index (χ1v) is 9.59. The molecular weight excluding hydrogens is 396 g/mol. The van der Waals surface area contributed by atoms with Crippen molar-refractivity contribution in [2.45, 2.75) is 26.4 Å². The first-order chi connectivity index (χ1) is 14.1. The lowest BCUT2D eigenvalue weighted by Crippen LogP contribution is -2.16. The molecule has 0 unspecified atom stereocenters. The highest BCUT2D eigenvalue weighted by Crippen LogP contribution is 2.38. The number of hydrogen-bond donors (Lipinski definition) is 0. The molecule has 0 fully saturated rings. The number of carbonyl (C=O) groups is 1. The Bertz CT molecular complexity index is 1020. The third-order valence-electron chi connectivity index (χ3n) is 4.38. The molecule has 0 N–H and O–H groups in total. The van der Waals surface area contributed by atoms with E-state index in [1.54, 1.807) is 12.1 Å². The maximum atomic E-state index is 12.1. The van der Waals surface area contributed by atoms with E-state index in [0.29, 0.717) is 47.9 Å². The smallest absolute Gasteiger partial charge is 0.306 e. The molecule has 0 saturated heterocycles. The molecule has 2 aromatic carbocycles. The molecular formula is C21H19ClN2O5. The summed E-state index contributed by atoms with van der Waals surface area (Å²) in [5.74, 6) is 1.60. The molecule has 1 aliphatic heterocycles. The van der Waals surface area contributed by atoms with Crippen molar-refractivity contribution in [2.24, 2.45) is 0 Å². The summed E-state index contributed by atoms with van der Waals surface area (Å²) < 4.78 is 21.5. The van der Waals surface area contributed by atoms with Gasteiger partial charge in [0.25, 0.3) is 0 Å². The maximum Gasteiger partial charge on any atom is 0.306 e. The highest BCUT2D eigenvalue weighted by Gasteiger charge is 2.17. The van der Waals surface area contributed by atoms with E-state index >= 15 is 0 Å². The number of hydrogen-bond acceptors (Lipinski definition) is 7. The Morgan fingerprint density at radius 2 is 1.97 bits per heavy atom. The number of aromatic nitrogens is 2. The van der Waals surface area contributed by atoms with Crippen LogP contribution in [0.25, 0.3) is 11.4 Å². The second-order valence-electron chi connectivity index (χ2n) is 6.64. The average molecular weight is 415 g/mol. The van der Waals surface area contributed by atoms with Crippen molar-refractivity contribution in [1.29, 1.82) is 0 Å². The van der Waals surface area contributed by atoms with Gasteiger partial charge in [-0.05, 0) is 24.6 Å². The SMILES string of the molecule is Cc1ccc(-c2noc(CCC(=O)OCc3cc(Cl)c4c(c3)OCCO4)n2)cc1. The fraction of sp³-hybridized carbons (Fsp3) is 0.286. The van der Waals surface area contributed by atoms with Crippen LogP contribution in [0.4, 0.5) is 0 Å². The highest BCUT2D eigenvalue weighted by atomic mass is 35.5. The van der Waals surface area contributed by atoms with Crippen molar-refractivity contribution in [3.05, 3.63) is 58.4 Å². The fourth-order valence-corrected chi connectivity index (χ4v) is 3.16. The van der Waals surface area contributed by atoms with Crippen molar-refractivity contribution in [1.82, 2.24) is 10.1 Å². The minimum absolute atomic E-state index is 0.0909. The highest BCUT2D eigenvalue weighted by molar-refractivity contribution is 6.32. The molecule has 150 valence electrons. The number of benzene rings is 2. The van der Waals surface area contributed by atoms with Gasteiger partial charge in [-0.1, -0.05) is 46.6 Å². The minimum Gasteiger partial charge on any atom is -0.486 e. The van der Waals surface area contributed by atoms with Crippen molar-refractivity contribution >= 4 is 17.6 Å². The van der Waals surface area contributed by atoms with Crippen LogP contribution in [-0.2, 0) is 22.6 Å². The normalized spacial score (nSPS) is 12.6. The van der Waals surface area contributed by atoms with Gasteiger partial charge in [0.15, 0.2) is 11.5 Å². The number of rotatable bonds is 6. The molecule has 0 bridgehead atoms. The van der Waals surface area contributed by atoms with Crippen molar-refractivity contribution in [3.8, 4) is 22.9 Å². The fourth-order valence-electron chi connectivity index (χ4n) is 2.87. The molecule has 0 amide bonds. The quantitative estimate of drug-likeness (QED) is 0.560. The predicted molar refractivity (Wildman–Crippen MR) is 105 cm³/mol. The van der Waals surface area contributed by atoms with E-state index < -0.39 is 0 Å². The molecule has 0 aliphatic carbocycles. The van der Waals surface area contributed by atoms with Gasteiger partial charge in [0.2, 0.25) is 11.7 Å². The summed E-state index contributed by atoms with van der Waals surface area (Å²) in [5.41, 5.74) is 2.75. The molecule has 7 nitrogen and oxygen atoms in total. The largest absolute Gasteiger partial charge is 0.486 e. The van der Waals surface area contributed by atoms with Crippen LogP contribution in [0, 0.1) is 6.92 Å². The van der Waals surface area contributed by atoms with E-state index in [-0.39, 0.29) is 19.0 Å². The summed E-state index contributed by atoms with van der Waals surface area (Å²) >= 11 is 6.19. The number of esters is 1. The third-order valence-corrected chi connectivity index (χ3v) is 4.66. The maximum absolute atomic E-state index is 12.1. The number of ether oxygens (including phenoxy) is 3. The summed E-state index contributed by atoms with van der Waals surface area (Å²) in [7, 11) is 0. The molecule has 1 aromatic heterocycles. The first kappa shape index (κ1) is 19.3. The van der Waals surface area contributed by atoms with Gasteiger partial charge in [-0.3, -0.25) is 4.79 Å². The van der Waals surface area contributed by atoms with E-state index in [2.05, 4.69) is 10.1 Å². The minimum atomic E-state index is -0.369. The van der Waals surface area contributed by atoms with E-state index in [0.717, 1.165) is 16.7 Å². The molecule has 4 rings (SSSR count). The van der Waals surface area contributed by atoms with Gasteiger partial charge in [-0.2, -0.15) is 4.98 Å². The topological polar surface area (TPSA) is 83.7 Å². The second kappa shape index (κ2) is 8.53. The van der Waals surface area contributed by atoms with Crippen LogP contribution in [0.2, 0.25) is 5.02 Å². The Balaban J connectivity index is 1.30. The molecule has 3 aromatic rings. The summed E-state index contributed by atoms with van der Waals surface area (Å²) in [6, 6.07) is 11.3. The zero-order chi connectivity index (χ0) is 20.2. The molecule has 0 spiro atoms. The Hall–Kier alpha value is -3.06. The van der Waals surface area contributed by atoms with Gasteiger partial charge >= 0.3 is 5.97 Å². The number of nitrogens with zero attached hydrogens (tertiary/aromatic N) is 2. The number of aryl methyl sites for hydroxylation is 2. The Morgan fingerprint density at radius 3 is 2.79 bits per heavy atom. The van der Waals surface area contributed by atoms with Gasteiger partial charge in [0.1, 0.15) is 19.8 Å². The zero-order valence-electron chi connectivity index (χ0n) is 15.8. The van der Waals surface area contributed by atoms with Crippen LogP contribution in [0.15, 0.2) is 40.9 Å². The number of fused-ring (bicyclic) bond motifs is 1. The third kappa shape index (κ3) is 4.68. The van der Waals surface area contributed by atoms with Gasteiger partial charge < -0.3 is 18.7 Å². The summed E-state index contributed by atoms with van der Waals surface area (Å²) in [5, 5.41) is 4.39. The van der Waals surface area contributed by atoms with E-state index in [9.17, 15) is 4.79 Å². The van der Waals surface area contributed by atoms with Crippen LogP contribution in [-0.4, -0.2) is 29.3 Å². The molecule has 8 heteroatoms. The second-order valence-corrected chi connectivity index (χ2v) is 7.05. The lowest BCUT2D eigenvalue weighted by Gasteiger charge is -2.20. The van der Waals surface area contributed by atoms with Crippen LogP contribution in [0.3, 0.4) is 0 Å². The molecule has 0 radical (unpaired) electrons. The zero-order valence-corrected chi connectivity index (χ0v) is 16.6. The van der Waals surface area contributed by atoms with Crippen LogP contribution < -0.4 is 9.47 Å². The van der Waals surface area contributed by atoms with Crippen molar-refractivity contribution in [2.75, 3.05) is 13.2 Å². The predicted octanol–water partition coefficient (Wildman–Crippen LogP) is 4.15. The Labute approximate surface area is 172 Å². The lowest BCUT2D eigenvalue weighted by molar-refractivity contribution is -0.145. The van der Waals surface area contributed by atoms with Crippen LogP contribution >= 0.6 is 11.6 Å². The lowest BCUT2D eigenvalue weighted by atomic mass is 10.1. The van der Waals surface area contributed by atoms with Crippen LogP contribution in [0.1, 0.15) is 23.4 Å². The monoisotopic (exact) mass is 414 g/mol. The van der Waals surface area contributed by atoms with E-state index in [1.165, 1.54) is 0 Å². The van der Waals surface area contributed by atoms with E-state index in [1.807, 2.05) is 31.2 Å². The summed E-state index contributed by atoms with van der Waals surface area (Å²) in [4.78, 5) is 16.4. The molecule has 0 saturated carbocycles. The Kier molecular flexibility index (Phi) is 5.67. The Morgan fingerprint density at radius 1 is 1.17 bits per heavy atom. The van der Waals surface area contributed by atoms with E-state index in [4.69, 9.17) is 30.3 Å². The number of carbonyl (C=O) groups excluding carboxylic acids is 1. The van der Waals surface area contributed by atoms with Gasteiger partial charge in [-0.15, -0.1) is 0 Å². The van der Waals surface area contributed by atoms with Crippen LogP contribution in [0.5, 0.6) is 11.5 Å². The number of halogens is 1. The molecule has 2 heterocycles. The van der Waals surface area contributed by atoms with Gasteiger partial charge in [-0.25, -0.2) is 0 Å². The summed E-state index contributed by atoms with van der Waals surface area (Å²) in [6.45, 7) is 3.02. The van der Waals surface area contributed by atoms with Crippen molar-refractivity contribution in [3.63, 3.8) is 0 Å². The summed E-state index contributed by atoms with van der Waals surface area (Å²) in [6.07, 6.45) is 0.438. The van der Waals surface area contributed by atoms with Crippen molar-refractivity contribution < 1.29 is 23.5 Å². The molecule has 1 aliphatic rings. The average Bonchev–Trinajstić information content (AvgIpc) is 3.20. The standard InChI is InChI=1S/C21H19ClN2O5/c1-13-2-4-15(5-3-13)21-23-18(29-24-21)6-7-19(25)28-12-14-10-16(22)20-17(11-14)26-8-9-27-20/h2-5,10-11H,6-9,12H2,1H3.